The number of aliphatic hydroxyl groups is 1. The van der Waals surface area contributed by atoms with Crippen LogP contribution < -0.4 is 10.0 Å². The average molecular weight is 354 g/mol. The van der Waals surface area contributed by atoms with Gasteiger partial charge in [0.1, 0.15) is 0 Å². The summed E-state index contributed by atoms with van der Waals surface area (Å²) in [5.41, 5.74) is 1.10. The Labute approximate surface area is 143 Å². The highest BCUT2D eigenvalue weighted by molar-refractivity contribution is 7.89. The summed E-state index contributed by atoms with van der Waals surface area (Å²) in [4.78, 5) is 11.2. The van der Waals surface area contributed by atoms with Gasteiger partial charge in [-0.25, -0.2) is 13.1 Å². The van der Waals surface area contributed by atoms with Crippen LogP contribution in [0.1, 0.15) is 44.6 Å². The number of sulfonamides is 1. The summed E-state index contributed by atoms with van der Waals surface area (Å²) in [5.74, 6) is -0.0385. The molecule has 1 aromatic carbocycles. The number of rotatable bonds is 6. The molecule has 1 aromatic rings. The fourth-order valence-corrected chi connectivity index (χ4v) is 4.47. The fraction of sp³-hybridized carbons (Fsp3) is 0.588. The van der Waals surface area contributed by atoms with Gasteiger partial charge in [0, 0.05) is 19.2 Å². The highest BCUT2D eigenvalue weighted by Crippen LogP contribution is 2.26. The van der Waals surface area contributed by atoms with Gasteiger partial charge < -0.3 is 10.4 Å². The maximum Gasteiger partial charge on any atom is 0.240 e. The van der Waals surface area contributed by atoms with Crippen molar-refractivity contribution in [3.63, 3.8) is 0 Å². The largest absolute Gasteiger partial charge is 0.391 e. The van der Waals surface area contributed by atoms with E-state index in [-0.39, 0.29) is 23.3 Å². The van der Waals surface area contributed by atoms with E-state index in [1.54, 1.807) is 19.1 Å². The standard InChI is InChI=1S/C17H26N2O4S/c1-12-10-15(19-13(2)20)8-9-17(12)24(22,23)18-11-16(21)14-6-4-3-5-7-14/h8-10,14,16,18,21H,3-7,11H2,1-2H3,(H,19,20). The molecule has 6 nitrogen and oxygen atoms in total. The van der Waals surface area contributed by atoms with Gasteiger partial charge in [0.2, 0.25) is 15.9 Å². The second kappa shape index (κ2) is 8.09. The first-order valence-electron chi connectivity index (χ1n) is 8.35. The lowest BCUT2D eigenvalue weighted by atomic mass is 9.85. The monoisotopic (exact) mass is 354 g/mol. The van der Waals surface area contributed by atoms with Crippen LogP contribution in [0.4, 0.5) is 5.69 Å². The Kier molecular flexibility index (Phi) is 6.37. The summed E-state index contributed by atoms with van der Waals surface area (Å²) in [6, 6.07) is 4.64. The number of amides is 1. The second-order valence-electron chi connectivity index (χ2n) is 6.48. The molecule has 0 bridgehead atoms. The van der Waals surface area contributed by atoms with E-state index in [0.29, 0.717) is 11.3 Å². The number of nitrogens with one attached hydrogen (secondary N) is 2. The molecule has 1 unspecified atom stereocenters. The molecule has 2 rings (SSSR count). The highest BCUT2D eigenvalue weighted by atomic mass is 32.2. The number of carbonyl (C=O) groups is 1. The minimum absolute atomic E-state index is 0.0277. The molecule has 0 heterocycles. The summed E-state index contributed by atoms with van der Waals surface area (Å²) < 4.78 is 27.4. The van der Waals surface area contributed by atoms with Crippen LogP contribution in [0.25, 0.3) is 0 Å². The van der Waals surface area contributed by atoms with Crippen molar-refractivity contribution < 1.29 is 18.3 Å². The molecule has 1 amide bonds. The number of hydrogen-bond donors (Lipinski definition) is 3. The highest BCUT2D eigenvalue weighted by Gasteiger charge is 2.24. The first kappa shape index (κ1) is 18.9. The second-order valence-corrected chi connectivity index (χ2v) is 8.21. The third kappa shape index (κ3) is 5.03. The van der Waals surface area contributed by atoms with Crippen molar-refractivity contribution in [2.45, 2.75) is 57.0 Å². The maximum atomic E-state index is 12.5. The zero-order valence-electron chi connectivity index (χ0n) is 14.2. The molecular weight excluding hydrogens is 328 g/mol. The molecule has 3 N–H and O–H groups in total. The normalized spacial score (nSPS) is 17.5. The lowest BCUT2D eigenvalue weighted by molar-refractivity contribution is -0.114. The van der Waals surface area contributed by atoms with Gasteiger partial charge in [-0.1, -0.05) is 19.3 Å². The SMILES string of the molecule is CC(=O)Nc1ccc(S(=O)(=O)NCC(O)C2CCCCC2)c(C)c1. The van der Waals surface area contributed by atoms with Crippen molar-refractivity contribution in [2.75, 3.05) is 11.9 Å². The number of anilines is 1. The van der Waals surface area contributed by atoms with E-state index in [4.69, 9.17) is 0 Å². The lowest BCUT2D eigenvalue weighted by Gasteiger charge is -2.26. The zero-order chi connectivity index (χ0) is 17.7. The van der Waals surface area contributed by atoms with Gasteiger partial charge in [0.05, 0.1) is 11.0 Å². The Bertz CT molecular complexity index is 682. The molecule has 0 aromatic heterocycles. The molecule has 7 heteroatoms. The first-order chi connectivity index (χ1) is 11.3. The van der Waals surface area contributed by atoms with E-state index < -0.39 is 16.1 Å². The van der Waals surface area contributed by atoms with Crippen molar-refractivity contribution in [3.8, 4) is 0 Å². The van der Waals surface area contributed by atoms with Gasteiger partial charge in [0.15, 0.2) is 0 Å². The van der Waals surface area contributed by atoms with Crippen LogP contribution in [0.5, 0.6) is 0 Å². The van der Waals surface area contributed by atoms with Crippen LogP contribution in [0, 0.1) is 12.8 Å². The lowest BCUT2D eigenvalue weighted by Crippen LogP contribution is -2.37. The third-order valence-corrected chi connectivity index (χ3v) is 6.05. The Hall–Kier alpha value is -1.44. The molecular formula is C17H26N2O4S. The van der Waals surface area contributed by atoms with Gasteiger partial charge >= 0.3 is 0 Å². The summed E-state index contributed by atoms with van der Waals surface area (Å²) in [7, 11) is -3.69. The number of aryl methyl sites for hydroxylation is 1. The smallest absolute Gasteiger partial charge is 0.240 e. The van der Waals surface area contributed by atoms with E-state index in [1.807, 2.05) is 0 Å². The molecule has 1 saturated carbocycles. The summed E-state index contributed by atoms with van der Waals surface area (Å²) >= 11 is 0. The van der Waals surface area contributed by atoms with Gasteiger partial charge in [-0.2, -0.15) is 0 Å². The minimum Gasteiger partial charge on any atom is -0.391 e. The Morgan fingerprint density at radius 3 is 2.54 bits per heavy atom. The van der Waals surface area contributed by atoms with Crippen LogP contribution in [-0.2, 0) is 14.8 Å². The zero-order valence-corrected chi connectivity index (χ0v) is 15.0. The molecule has 1 atom stereocenters. The topological polar surface area (TPSA) is 95.5 Å². The molecule has 0 aliphatic heterocycles. The molecule has 24 heavy (non-hydrogen) atoms. The van der Waals surface area contributed by atoms with Crippen molar-refractivity contribution in [1.82, 2.24) is 4.72 Å². The summed E-state index contributed by atoms with van der Waals surface area (Å²) in [5, 5.41) is 12.8. The molecule has 0 saturated heterocycles. The van der Waals surface area contributed by atoms with Crippen LogP contribution in [0.2, 0.25) is 0 Å². The molecule has 0 spiro atoms. The van der Waals surface area contributed by atoms with Crippen LogP contribution >= 0.6 is 0 Å². The Morgan fingerprint density at radius 1 is 1.29 bits per heavy atom. The predicted molar refractivity (Wildman–Crippen MR) is 93.3 cm³/mol. The first-order valence-corrected chi connectivity index (χ1v) is 9.84. The fourth-order valence-electron chi connectivity index (χ4n) is 3.19. The van der Waals surface area contributed by atoms with Gasteiger partial charge in [-0.3, -0.25) is 4.79 Å². The van der Waals surface area contributed by atoms with Crippen LogP contribution in [0.15, 0.2) is 23.1 Å². The molecule has 134 valence electrons. The maximum absolute atomic E-state index is 12.5. The van der Waals surface area contributed by atoms with E-state index in [9.17, 15) is 18.3 Å². The average Bonchev–Trinajstić information content (AvgIpc) is 2.52. The Balaban J connectivity index is 2.02. The van der Waals surface area contributed by atoms with Crippen LogP contribution in [0.3, 0.4) is 0 Å². The van der Waals surface area contributed by atoms with Gasteiger partial charge in [-0.15, -0.1) is 0 Å². The van der Waals surface area contributed by atoms with Crippen molar-refractivity contribution in [3.05, 3.63) is 23.8 Å². The molecule has 1 fully saturated rings. The van der Waals surface area contributed by atoms with Gasteiger partial charge in [-0.05, 0) is 49.4 Å². The predicted octanol–water partition coefficient (Wildman–Crippen LogP) is 2.17. The Morgan fingerprint density at radius 2 is 1.96 bits per heavy atom. The quantitative estimate of drug-likeness (QED) is 0.729. The van der Waals surface area contributed by atoms with E-state index >= 15 is 0 Å². The third-order valence-electron chi connectivity index (χ3n) is 4.46. The van der Waals surface area contributed by atoms with Crippen molar-refractivity contribution in [1.29, 1.82) is 0 Å². The molecule has 1 aliphatic carbocycles. The number of aliphatic hydroxyl groups excluding tert-OH is 1. The van der Waals surface area contributed by atoms with Crippen LogP contribution in [-0.4, -0.2) is 32.1 Å². The number of hydrogen-bond acceptors (Lipinski definition) is 4. The molecule has 0 radical (unpaired) electrons. The van der Waals surface area contributed by atoms with Crippen molar-refractivity contribution >= 4 is 21.6 Å². The van der Waals surface area contributed by atoms with Gasteiger partial charge in [0.25, 0.3) is 0 Å². The summed E-state index contributed by atoms with van der Waals surface area (Å²) in [6.45, 7) is 3.10. The minimum atomic E-state index is -3.69. The van der Waals surface area contributed by atoms with E-state index in [0.717, 1.165) is 25.7 Å². The number of benzene rings is 1. The van der Waals surface area contributed by atoms with E-state index in [1.165, 1.54) is 19.4 Å². The van der Waals surface area contributed by atoms with Crippen molar-refractivity contribution in [2.24, 2.45) is 5.92 Å². The summed E-state index contributed by atoms with van der Waals surface area (Å²) in [6.07, 6.45) is 4.63. The molecule has 1 aliphatic rings. The number of carbonyl (C=O) groups excluding carboxylic acids is 1. The van der Waals surface area contributed by atoms with E-state index in [2.05, 4.69) is 10.0 Å².